The summed E-state index contributed by atoms with van der Waals surface area (Å²) in [6, 6.07) is 13.9. The molecule has 1 aliphatic heterocycles. The number of rotatable bonds is 4. The second-order valence-corrected chi connectivity index (χ2v) is 6.85. The van der Waals surface area contributed by atoms with Gasteiger partial charge in [-0.1, -0.05) is 22.8 Å². The highest BCUT2D eigenvalue weighted by atomic mass is 35.5. The number of ether oxygens (including phenoxy) is 1. The molecule has 1 atom stereocenters. The Morgan fingerprint density at radius 3 is 2.79 bits per heavy atom. The van der Waals surface area contributed by atoms with E-state index in [1.54, 1.807) is 41.3 Å². The third-order valence-electron chi connectivity index (χ3n) is 4.60. The van der Waals surface area contributed by atoms with Crippen molar-refractivity contribution in [3.8, 4) is 11.5 Å². The molecular weight excluding hydrogens is 382 g/mol. The first-order valence-corrected chi connectivity index (χ1v) is 9.01. The second-order valence-electron chi connectivity index (χ2n) is 6.41. The van der Waals surface area contributed by atoms with Crippen LogP contribution in [0.1, 0.15) is 28.5 Å². The Kier molecular flexibility index (Phi) is 4.83. The van der Waals surface area contributed by atoms with Gasteiger partial charge in [-0.05, 0) is 42.5 Å². The van der Waals surface area contributed by atoms with Crippen molar-refractivity contribution in [3.05, 3.63) is 64.9 Å². The number of benzene rings is 2. The number of hydrogen-bond acceptors (Lipinski definition) is 6. The summed E-state index contributed by atoms with van der Waals surface area (Å²) in [4.78, 5) is 30.3. The van der Waals surface area contributed by atoms with Crippen LogP contribution in [-0.4, -0.2) is 35.7 Å². The summed E-state index contributed by atoms with van der Waals surface area (Å²) >= 11 is 5.92. The number of esters is 1. The topological polar surface area (TPSA) is 85.5 Å². The predicted molar refractivity (Wildman–Crippen MR) is 102 cm³/mol. The Morgan fingerprint density at radius 1 is 1.25 bits per heavy atom. The van der Waals surface area contributed by atoms with E-state index in [2.05, 4.69) is 10.1 Å². The fraction of sp³-hybridized carbons (Fsp3) is 0.200. The monoisotopic (exact) mass is 397 g/mol. The highest BCUT2D eigenvalue weighted by Gasteiger charge is 2.34. The largest absolute Gasteiger partial charge is 0.465 e. The van der Waals surface area contributed by atoms with Gasteiger partial charge in [-0.15, -0.1) is 0 Å². The zero-order chi connectivity index (χ0) is 19.7. The van der Waals surface area contributed by atoms with Crippen molar-refractivity contribution >= 4 is 29.2 Å². The van der Waals surface area contributed by atoms with Gasteiger partial charge in [0.25, 0.3) is 5.89 Å². The molecule has 2 heterocycles. The molecule has 28 heavy (non-hydrogen) atoms. The first-order chi connectivity index (χ1) is 13.5. The van der Waals surface area contributed by atoms with Crippen molar-refractivity contribution in [1.29, 1.82) is 0 Å². The van der Waals surface area contributed by atoms with Crippen molar-refractivity contribution in [2.45, 2.75) is 12.3 Å². The number of hydrogen-bond donors (Lipinski definition) is 0. The van der Waals surface area contributed by atoms with Crippen LogP contribution in [-0.2, 0) is 9.53 Å². The highest BCUT2D eigenvalue weighted by Crippen LogP contribution is 2.32. The molecule has 0 radical (unpaired) electrons. The second kappa shape index (κ2) is 7.44. The van der Waals surface area contributed by atoms with Crippen LogP contribution >= 0.6 is 11.6 Å². The lowest BCUT2D eigenvalue weighted by atomic mass is 10.1. The highest BCUT2D eigenvalue weighted by molar-refractivity contribution is 6.30. The van der Waals surface area contributed by atoms with Gasteiger partial charge in [0.15, 0.2) is 5.82 Å². The maximum atomic E-state index is 12.4. The number of aromatic nitrogens is 2. The van der Waals surface area contributed by atoms with Crippen LogP contribution in [0.15, 0.2) is 53.1 Å². The van der Waals surface area contributed by atoms with Gasteiger partial charge in [-0.3, -0.25) is 4.79 Å². The average Bonchev–Trinajstić information content (AvgIpc) is 3.35. The number of nitrogens with zero attached hydrogens (tertiary/aromatic N) is 3. The van der Waals surface area contributed by atoms with Crippen molar-refractivity contribution < 1.29 is 18.8 Å². The van der Waals surface area contributed by atoms with E-state index in [-0.39, 0.29) is 17.7 Å². The van der Waals surface area contributed by atoms with Crippen LogP contribution in [0.5, 0.6) is 0 Å². The molecule has 142 valence electrons. The lowest BCUT2D eigenvalue weighted by Gasteiger charge is -2.16. The summed E-state index contributed by atoms with van der Waals surface area (Å²) in [6.45, 7) is 0.460. The SMILES string of the molecule is COC(=O)c1cccc(-c2nc([C@@H]3CC(=O)N(c4ccc(Cl)cc4)C3)no2)c1. The molecule has 0 N–H and O–H groups in total. The van der Waals surface area contributed by atoms with E-state index in [0.717, 1.165) is 5.69 Å². The number of methoxy groups -OCH3 is 1. The van der Waals surface area contributed by atoms with E-state index >= 15 is 0 Å². The standard InChI is InChI=1S/C20H16ClN3O4/c1-27-20(26)13-4-2-3-12(9-13)19-22-18(23-28-19)14-10-17(25)24(11-14)16-7-5-15(21)6-8-16/h2-9,14H,10-11H2,1H3/t14-/m1/s1. The number of carbonyl (C=O) groups is 2. The molecule has 8 heteroatoms. The molecule has 0 unspecified atom stereocenters. The third kappa shape index (κ3) is 3.48. The van der Waals surface area contributed by atoms with Gasteiger partial charge < -0.3 is 14.2 Å². The maximum Gasteiger partial charge on any atom is 0.337 e. The number of anilines is 1. The van der Waals surface area contributed by atoms with Crippen molar-refractivity contribution in [2.24, 2.45) is 0 Å². The van der Waals surface area contributed by atoms with E-state index in [1.165, 1.54) is 7.11 Å². The van der Waals surface area contributed by atoms with Crippen LogP contribution < -0.4 is 4.90 Å². The number of amides is 1. The lowest BCUT2D eigenvalue weighted by molar-refractivity contribution is -0.117. The Bertz CT molecular complexity index is 1030. The minimum Gasteiger partial charge on any atom is -0.465 e. The van der Waals surface area contributed by atoms with E-state index in [4.69, 9.17) is 20.9 Å². The maximum absolute atomic E-state index is 12.4. The minimum absolute atomic E-state index is 0.00800. The molecule has 3 aromatic rings. The molecule has 7 nitrogen and oxygen atoms in total. The summed E-state index contributed by atoms with van der Waals surface area (Å²) in [5.41, 5.74) is 1.79. The molecular formula is C20H16ClN3O4. The Balaban J connectivity index is 1.54. The molecule has 1 aliphatic rings. The van der Waals surface area contributed by atoms with E-state index < -0.39 is 5.97 Å². The van der Waals surface area contributed by atoms with E-state index in [0.29, 0.717) is 34.9 Å². The van der Waals surface area contributed by atoms with E-state index in [1.807, 2.05) is 12.1 Å². The summed E-state index contributed by atoms with van der Waals surface area (Å²) in [6.07, 6.45) is 0.295. The van der Waals surface area contributed by atoms with Crippen LogP contribution in [0.4, 0.5) is 5.69 Å². The first-order valence-electron chi connectivity index (χ1n) is 8.63. The third-order valence-corrected chi connectivity index (χ3v) is 4.85. The normalized spacial score (nSPS) is 16.4. The summed E-state index contributed by atoms with van der Waals surface area (Å²) < 4.78 is 10.1. The van der Waals surface area contributed by atoms with Crippen molar-refractivity contribution in [1.82, 2.24) is 10.1 Å². The zero-order valence-electron chi connectivity index (χ0n) is 15.0. The molecule has 0 saturated carbocycles. The predicted octanol–water partition coefficient (Wildman–Crippen LogP) is 3.70. The molecule has 0 spiro atoms. The Hall–Kier alpha value is -3.19. The Labute approximate surface area is 165 Å². The molecule has 1 amide bonds. The quantitative estimate of drug-likeness (QED) is 0.624. The first kappa shape index (κ1) is 18.2. The molecule has 0 aliphatic carbocycles. The number of carbonyl (C=O) groups excluding carboxylic acids is 2. The minimum atomic E-state index is -0.443. The van der Waals surface area contributed by atoms with Crippen LogP contribution in [0.2, 0.25) is 5.02 Å². The molecule has 0 bridgehead atoms. The van der Waals surface area contributed by atoms with Crippen molar-refractivity contribution in [2.75, 3.05) is 18.6 Å². The van der Waals surface area contributed by atoms with Gasteiger partial charge in [0.2, 0.25) is 5.91 Å². The van der Waals surface area contributed by atoms with Gasteiger partial charge in [0.05, 0.1) is 12.7 Å². The van der Waals surface area contributed by atoms with Crippen LogP contribution in [0, 0.1) is 0 Å². The fourth-order valence-corrected chi connectivity index (χ4v) is 3.29. The van der Waals surface area contributed by atoms with Gasteiger partial charge in [0, 0.05) is 35.2 Å². The summed E-state index contributed by atoms with van der Waals surface area (Å²) in [5.74, 6) is 0.124. The molecule has 1 fully saturated rings. The summed E-state index contributed by atoms with van der Waals surface area (Å²) in [5, 5.41) is 4.66. The zero-order valence-corrected chi connectivity index (χ0v) is 15.7. The van der Waals surface area contributed by atoms with Crippen LogP contribution in [0.25, 0.3) is 11.5 Å². The molecule has 4 rings (SSSR count). The average molecular weight is 398 g/mol. The van der Waals surface area contributed by atoms with Gasteiger partial charge in [-0.2, -0.15) is 4.98 Å². The molecule has 1 saturated heterocycles. The molecule has 2 aromatic carbocycles. The van der Waals surface area contributed by atoms with Gasteiger partial charge in [-0.25, -0.2) is 4.79 Å². The Morgan fingerprint density at radius 2 is 2.04 bits per heavy atom. The lowest BCUT2D eigenvalue weighted by Crippen LogP contribution is -2.24. The van der Waals surface area contributed by atoms with E-state index in [9.17, 15) is 9.59 Å². The number of halogens is 1. The van der Waals surface area contributed by atoms with Crippen molar-refractivity contribution in [3.63, 3.8) is 0 Å². The van der Waals surface area contributed by atoms with Gasteiger partial charge in [0.1, 0.15) is 0 Å². The van der Waals surface area contributed by atoms with Crippen LogP contribution in [0.3, 0.4) is 0 Å². The molecule has 1 aromatic heterocycles. The summed E-state index contributed by atoms with van der Waals surface area (Å²) in [7, 11) is 1.32. The fourth-order valence-electron chi connectivity index (χ4n) is 3.17. The van der Waals surface area contributed by atoms with Gasteiger partial charge >= 0.3 is 5.97 Å². The smallest absolute Gasteiger partial charge is 0.337 e.